The standard InChI is InChI=1S/C18H22N4O2S/c1-11(23)21(2)16-10-25-17-7-19-15(6-14(16)17)18(24)20-13-5-12-3-4-22(8-12)9-13/h6-7,10,12-13H,3-5,8-9H2,1-2H3,(H,20,24)/t12-,13+/m0/s1. The fourth-order valence-electron chi connectivity index (χ4n) is 3.90. The lowest BCUT2D eigenvalue weighted by Gasteiger charge is -2.30. The molecule has 1 unspecified atom stereocenters. The van der Waals surface area contributed by atoms with Crippen LogP contribution in [0, 0.1) is 5.92 Å². The first-order valence-corrected chi connectivity index (χ1v) is 9.54. The molecule has 0 spiro atoms. The predicted octanol–water partition coefficient (Wildman–Crippen LogP) is 2.10. The van der Waals surface area contributed by atoms with Gasteiger partial charge >= 0.3 is 0 Å². The van der Waals surface area contributed by atoms with Crippen LogP contribution in [0.3, 0.4) is 0 Å². The highest BCUT2D eigenvalue weighted by molar-refractivity contribution is 7.17. The van der Waals surface area contributed by atoms with Crippen molar-refractivity contribution in [3.8, 4) is 0 Å². The highest BCUT2D eigenvalue weighted by Crippen LogP contribution is 2.32. The summed E-state index contributed by atoms with van der Waals surface area (Å²) in [6.45, 7) is 4.79. The summed E-state index contributed by atoms with van der Waals surface area (Å²) < 4.78 is 0.974. The smallest absolute Gasteiger partial charge is 0.270 e. The van der Waals surface area contributed by atoms with Gasteiger partial charge in [0, 0.05) is 50.1 Å². The Morgan fingerprint density at radius 3 is 3.00 bits per heavy atom. The molecule has 0 radical (unpaired) electrons. The van der Waals surface area contributed by atoms with Crippen LogP contribution in [0.1, 0.15) is 30.3 Å². The van der Waals surface area contributed by atoms with Crippen LogP contribution in [-0.4, -0.2) is 54.4 Å². The zero-order chi connectivity index (χ0) is 17.6. The molecule has 25 heavy (non-hydrogen) atoms. The Balaban J connectivity index is 1.55. The van der Waals surface area contributed by atoms with Crippen LogP contribution >= 0.6 is 11.3 Å². The number of piperidine rings is 1. The molecule has 4 heterocycles. The van der Waals surface area contributed by atoms with Crippen molar-refractivity contribution in [3.63, 3.8) is 0 Å². The Bertz CT molecular complexity index is 822. The van der Waals surface area contributed by atoms with Gasteiger partial charge in [-0.15, -0.1) is 11.3 Å². The number of aromatic nitrogens is 1. The molecule has 6 nitrogen and oxygen atoms in total. The Labute approximate surface area is 150 Å². The van der Waals surface area contributed by atoms with E-state index in [1.807, 2.05) is 5.38 Å². The van der Waals surface area contributed by atoms with Crippen molar-refractivity contribution in [2.24, 2.45) is 5.92 Å². The molecule has 4 rings (SSSR count). The van der Waals surface area contributed by atoms with Crippen LogP contribution in [0.2, 0.25) is 0 Å². The van der Waals surface area contributed by atoms with E-state index >= 15 is 0 Å². The number of nitrogens with one attached hydrogen (secondary N) is 1. The molecule has 2 saturated heterocycles. The first kappa shape index (κ1) is 16.5. The number of pyridine rings is 1. The van der Waals surface area contributed by atoms with E-state index < -0.39 is 0 Å². The number of rotatable bonds is 3. The SMILES string of the molecule is CC(=O)N(C)c1csc2cnc(C(=O)N[C@@H]3C[C@@H]4CCN(C4)C3)cc12. The zero-order valence-corrected chi connectivity index (χ0v) is 15.3. The van der Waals surface area contributed by atoms with Crippen molar-refractivity contribution in [1.82, 2.24) is 15.2 Å². The van der Waals surface area contributed by atoms with Gasteiger partial charge in [0.1, 0.15) is 5.69 Å². The second kappa shape index (κ2) is 6.38. The molecule has 1 N–H and O–H groups in total. The maximum Gasteiger partial charge on any atom is 0.270 e. The van der Waals surface area contributed by atoms with E-state index in [9.17, 15) is 9.59 Å². The molecule has 7 heteroatoms. The predicted molar refractivity (Wildman–Crippen MR) is 99.1 cm³/mol. The van der Waals surface area contributed by atoms with Gasteiger partial charge in [-0.05, 0) is 31.4 Å². The number of hydrogen-bond donors (Lipinski definition) is 1. The van der Waals surface area contributed by atoms with Gasteiger partial charge in [0.25, 0.3) is 5.91 Å². The van der Waals surface area contributed by atoms with E-state index in [1.54, 1.807) is 24.2 Å². The lowest BCUT2D eigenvalue weighted by Crippen LogP contribution is -2.47. The van der Waals surface area contributed by atoms with Crippen LogP contribution in [0.5, 0.6) is 0 Å². The lowest BCUT2D eigenvalue weighted by atomic mass is 9.97. The number of carbonyl (C=O) groups is 2. The number of nitrogens with zero attached hydrogens (tertiary/aromatic N) is 3. The van der Waals surface area contributed by atoms with Crippen LogP contribution in [0.15, 0.2) is 17.6 Å². The maximum atomic E-state index is 12.7. The second-order valence-corrected chi connectivity index (χ2v) is 8.00. The normalized spacial score (nSPS) is 25.1. The highest BCUT2D eigenvalue weighted by atomic mass is 32.1. The van der Waals surface area contributed by atoms with Gasteiger partial charge in [-0.3, -0.25) is 9.59 Å². The van der Waals surface area contributed by atoms with Crippen molar-refractivity contribution in [3.05, 3.63) is 23.3 Å². The van der Waals surface area contributed by atoms with Crippen LogP contribution in [0.25, 0.3) is 10.1 Å². The Hall–Kier alpha value is -1.99. The summed E-state index contributed by atoms with van der Waals surface area (Å²) in [4.78, 5) is 32.7. The molecule has 2 aromatic rings. The van der Waals surface area contributed by atoms with E-state index in [0.717, 1.165) is 35.3 Å². The molecular weight excluding hydrogens is 336 g/mol. The second-order valence-electron chi connectivity index (χ2n) is 7.09. The quantitative estimate of drug-likeness (QED) is 0.913. The zero-order valence-electron chi connectivity index (χ0n) is 14.5. The largest absolute Gasteiger partial charge is 0.347 e. The minimum atomic E-state index is -0.128. The molecule has 2 bridgehead atoms. The van der Waals surface area contributed by atoms with Crippen molar-refractivity contribution in [2.75, 3.05) is 31.6 Å². The number of amides is 2. The third-order valence-electron chi connectivity index (χ3n) is 5.31. The average molecular weight is 358 g/mol. The summed E-state index contributed by atoms with van der Waals surface area (Å²) in [5, 5.41) is 5.97. The van der Waals surface area contributed by atoms with Gasteiger partial charge < -0.3 is 15.1 Å². The number of carbonyl (C=O) groups excluding carboxylic acids is 2. The summed E-state index contributed by atoms with van der Waals surface area (Å²) >= 11 is 1.53. The van der Waals surface area contributed by atoms with E-state index in [0.29, 0.717) is 11.6 Å². The summed E-state index contributed by atoms with van der Waals surface area (Å²) in [6.07, 6.45) is 4.02. The molecule has 132 valence electrons. The monoisotopic (exact) mass is 358 g/mol. The Morgan fingerprint density at radius 2 is 2.24 bits per heavy atom. The molecule has 0 saturated carbocycles. The summed E-state index contributed by atoms with van der Waals surface area (Å²) in [5.74, 6) is 0.549. The number of hydrogen-bond acceptors (Lipinski definition) is 5. The summed E-state index contributed by atoms with van der Waals surface area (Å²) in [7, 11) is 1.75. The van der Waals surface area contributed by atoms with Gasteiger partial charge in [-0.25, -0.2) is 4.98 Å². The third kappa shape index (κ3) is 3.14. The van der Waals surface area contributed by atoms with Crippen molar-refractivity contribution >= 4 is 38.9 Å². The third-order valence-corrected chi connectivity index (χ3v) is 6.23. The summed E-state index contributed by atoms with van der Waals surface area (Å²) in [5.41, 5.74) is 1.24. The van der Waals surface area contributed by atoms with Crippen LogP contribution in [-0.2, 0) is 4.79 Å². The number of anilines is 1. The molecule has 2 amide bonds. The van der Waals surface area contributed by atoms with E-state index in [4.69, 9.17) is 0 Å². The van der Waals surface area contributed by atoms with Crippen LogP contribution < -0.4 is 10.2 Å². The van der Waals surface area contributed by atoms with Gasteiger partial charge in [-0.1, -0.05) is 0 Å². The highest BCUT2D eigenvalue weighted by Gasteiger charge is 2.33. The molecule has 3 atom stereocenters. The van der Waals surface area contributed by atoms with Crippen molar-refractivity contribution < 1.29 is 9.59 Å². The first-order valence-electron chi connectivity index (χ1n) is 8.66. The van der Waals surface area contributed by atoms with Gasteiger partial charge in [0.15, 0.2) is 0 Å². The number of fused-ring (bicyclic) bond motifs is 3. The topological polar surface area (TPSA) is 65.5 Å². The van der Waals surface area contributed by atoms with Crippen molar-refractivity contribution in [2.45, 2.75) is 25.8 Å². The first-order chi connectivity index (χ1) is 12.0. The van der Waals surface area contributed by atoms with Crippen molar-refractivity contribution in [1.29, 1.82) is 0 Å². The molecular formula is C18H22N4O2S. The fourth-order valence-corrected chi connectivity index (χ4v) is 4.82. The lowest BCUT2D eigenvalue weighted by molar-refractivity contribution is -0.116. The van der Waals surface area contributed by atoms with Gasteiger partial charge in [0.05, 0.1) is 10.4 Å². The van der Waals surface area contributed by atoms with E-state index in [2.05, 4.69) is 15.2 Å². The molecule has 2 aliphatic heterocycles. The average Bonchev–Trinajstić information content (AvgIpc) is 3.16. The minimum absolute atomic E-state index is 0.0331. The van der Waals surface area contributed by atoms with E-state index in [1.165, 1.54) is 31.2 Å². The molecule has 2 aliphatic rings. The minimum Gasteiger partial charge on any atom is -0.347 e. The van der Waals surface area contributed by atoms with Crippen LogP contribution in [0.4, 0.5) is 5.69 Å². The molecule has 0 aromatic carbocycles. The number of thiophene rings is 1. The molecule has 0 aliphatic carbocycles. The maximum absolute atomic E-state index is 12.7. The Morgan fingerprint density at radius 1 is 1.40 bits per heavy atom. The van der Waals surface area contributed by atoms with Gasteiger partial charge in [0.2, 0.25) is 5.91 Å². The molecule has 2 aromatic heterocycles. The Kier molecular flexibility index (Phi) is 4.21. The fraction of sp³-hybridized carbons (Fsp3) is 0.500. The summed E-state index contributed by atoms with van der Waals surface area (Å²) in [6, 6.07) is 2.00. The van der Waals surface area contributed by atoms with E-state index in [-0.39, 0.29) is 17.9 Å². The van der Waals surface area contributed by atoms with Gasteiger partial charge in [-0.2, -0.15) is 0 Å². The molecule has 2 fully saturated rings.